The summed E-state index contributed by atoms with van der Waals surface area (Å²) < 4.78 is 4.52. The van der Waals surface area contributed by atoms with E-state index >= 15 is 0 Å². The van der Waals surface area contributed by atoms with Crippen LogP contribution in [0.1, 0.15) is 24.0 Å². The highest BCUT2D eigenvalue weighted by molar-refractivity contribution is 5.69. The van der Waals surface area contributed by atoms with Crippen LogP contribution in [0.3, 0.4) is 0 Å². The number of carbonyl (C=O) groups excluding carboxylic acids is 1. The molecule has 0 aromatic heterocycles. The molecule has 1 rings (SSSR count). The predicted octanol–water partition coefficient (Wildman–Crippen LogP) is 1.40. The topological polar surface area (TPSA) is 58.6 Å². The smallest absolute Gasteiger partial charge is 0.305 e. The Hall–Kier alpha value is -1.39. The predicted molar refractivity (Wildman–Crippen MR) is 70.1 cm³/mol. The SMILES string of the molecule is COC(=O)CCC(O)CNCc1ccccc1C. The molecule has 4 heteroatoms. The van der Waals surface area contributed by atoms with Gasteiger partial charge in [-0.25, -0.2) is 0 Å². The minimum atomic E-state index is -0.520. The van der Waals surface area contributed by atoms with Crippen LogP contribution in [0, 0.1) is 6.92 Å². The Morgan fingerprint density at radius 2 is 2.17 bits per heavy atom. The number of rotatable bonds is 7. The Morgan fingerprint density at radius 3 is 2.83 bits per heavy atom. The first-order chi connectivity index (χ1) is 8.63. The lowest BCUT2D eigenvalue weighted by molar-refractivity contribution is -0.141. The van der Waals surface area contributed by atoms with Crippen molar-refractivity contribution in [2.75, 3.05) is 13.7 Å². The van der Waals surface area contributed by atoms with Crippen molar-refractivity contribution in [3.05, 3.63) is 35.4 Å². The van der Waals surface area contributed by atoms with E-state index in [0.29, 0.717) is 13.0 Å². The van der Waals surface area contributed by atoms with Gasteiger partial charge in [0.05, 0.1) is 13.2 Å². The maximum absolute atomic E-state index is 10.9. The van der Waals surface area contributed by atoms with E-state index in [-0.39, 0.29) is 12.4 Å². The van der Waals surface area contributed by atoms with E-state index in [1.807, 2.05) is 12.1 Å². The van der Waals surface area contributed by atoms with Crippen LogP contribution in [-0.4, -0.2) is 30.8 Å². The van der Waals surface area contributed by atoms with Crippen molar-refractivity contribution < 1.29 is 14.6 Å². The summed E-state index contributed by atoms with van der Waals surface area (Å²) in [5.41, 5.74) is 2.45. The van der Waals surface area contributed by atoms with E-state index in [1.165, 1.54) is 18.2 Å². The molecular weight excluding hydrogens is 230 g/mol. The summed E-state index contributed by atoms with van der Waals surface area (Å²) in [5, 5.41) is 12.9. The summed E-state index contributed by atoms with van der Waals surface area (Å²) in [7, 11) is 1.35. The molecule has 1 aromatic carbocycles. The Labute approximate surface area is 108 Å². The molecule has 0 amide bonds. The number of carbonyl (C=O) groups is 1. The van der Waals surface area contributed by atoms with Crippen LogP contribution in [0.2, 0.25) is 0 Å². The number of benzene rings is 1. The van der Waals surface area contributed by atoms with Gasteiger partial charge in [-0.1, -0.05) is 24.3 Å². The van der Waals surface area contributed by atoms with Crippen LogP contribution in [0.5, 0.6) is 0 Å². The molecule has 0 heterocycles. The summed E-state index contributed by atoms with van der Waals surface area (Å²) in [6.07, 6.45) is 0.157. The van der Waals surface area contributed by atoms with Crippen LogP contribution < -0.4 is 5.32 Å². The van der Waals surface area contributed by atoms with Gasteiger partial charge < -0.3 is 15.2 Å². The number of aliphatic hydroxyl groups is 1. The molecule has 4 nitrogen and oxygen atoms in total. The van der Waals surface area contributed by atoms with E-state index in [4.69, 9.17) is 0 Å². The molecule has 0 aliphatic heterocycles. The van der Waals surface area contributed by atoms with Gasteiger partial charge in [-0.05, 0) is 24.5 Å². The lowest BCUT2D eigenvalue weighted by atomic mass is 10.1. The van der Waals surface area contributed by atoms with Crippen molar-refractivity contribution in [3.63, 3.8) is 0 Å². The van der Waals surface area contributed by atoms with E-state index < -0.39 is 6.10 Å². The average molecular weight is 251 g/mol. The fraction of sp³-hybridized carbons (Fsp3) is 0.500. The minimum Gasteiger partial charge on any atom is -0.469 e. The summed E-state index contributed by atoms with van der Waals surface area (Å²) >= 11 is 0. The molecule has 0 radical (unpaired) electrons. The molecule has 0 fully saturated rings. The zero-order valence-electron chi connectivity index (χ0n) is 11.0. The molecule has 1 atom stereocenters. The number of methoxy groups -OCH3 is 1. The van der Waals surface area contributed by atoms with Crippen molar-refractivity contribution in [2.45, 2.75) is 32.4 Å². The van der Waals surface area contributed by atoms with Crippen LogP contribution in [-0.2, 0) is 16.1 Å². The van der Waals surface area contributed by atoms with Crippen molar-refractivity contribution in [1.82, 2.24) is 5.32 Å². The minimum absolute atomic E-state index is 0.254. The van der Waals surface area contributed by atoms with E-state index in [2.05, 4.69) is 29.1 Å². The normalized spacial score (nSPS) is 12.2. The molecular formula is C14H21NO3. The quantitative estimate of drug-likeness (QED) is 0.719. The molecule has 0 spiro atoms. The lowest BCUT2D eigenvalue weighted by Gasteiger charge is -2.12. The van der Waals surface area contributed by atoms with Gasteiger partial charge in [-0.3, -0.25) is 4.79 Å². The Balaban J connectivity index is 2.21. The van der Waals surface area contributed by atoms with Crippen molar-refractivity contribution >= 4 is 5.97 Å². The lowest BCUT2D eigenvalue weighted by Crippen LogP contribution is -2.27. The van der Waals surface area contributed by atoms with Crippen LogP contribution in [0.4, 0.5) is 0 Å². The third-order valence-corrected chi connectivity index (χ3v) is 2.87. The van der Waals surface area contributed by atoms with Crippen molar-refractivity contribution in [1.29, 1.82) is 0 Å². The number of esters is 1. The summed E-state index contributed by atoms with van der Waals surface area (Å²) in [6, 6.07) is 8.12. The third kappa shape index (κ3) is 5.29. The van der Waals surface area contributed by atoms with Gasteiger partial charge in [0.15, 0.2) is 0 Å². The molecule has 0 bridgehead atoms. The summed E-state index contributed by atoms with van der Waals surface area (Å²) in [4.78, 5) is 10.9. The van der Waals surface area contributed by atoms with Crippen molar-refractivity contribution in [3.8, 4) is 0 Å². The van der Waals surface area contributed by atoms with Gasteiger partial charge in [0.2, 0.25) is 0 Å². The number of nitrogens with one attached hydrogen (secondary N) is 1. The average Bonchev–Trinajstić information content (AvgIpc) is 2.38. The van der Waals surface area contributed by atoms with Gasteiger partial charge in [-0.15, -0.1) is 0 Å². The first kappa shape index (κ1) is 14.7. The highest BCUT2D eigenvalue weighted by atomic mass is 16.5. The molecule has 2 N–H and O–H groups in total. The van der Waals surface area contributed by atoms with Crippen molar-refractivity contribution in [2.24, 2.45) is 0 Å². The second-order valence-electron chi connectivity index (χ2n) is 4.33. The fourth-order valence-corrected chi connectivity index (χ4v) is 1.67. The number of hydrogen-bond donors (Lipinski definition) is 2. The number of aliphatic hydroxyl groups excluding tert-OH is 1. The molecule has 0 saturated heterocycles. The first-order valence-corrected chi connectivity index (χ1v) is 6.13. The van der Waals surface area contributed by atoms with Gasteiger partial charge >= 0.3 is 5.97 Å². The monoisotopic (exact) mass is 251 g/mol. The zero-order chi connectivity index (χ0) is 13.4. The van der Waals surface area contributed by atoms with Gasteiger partial charge in [0, 0.05) is 19.5 Å². The number of aryl methyl sites for hydroxylation is 1. The second-order valence-corrected chi connectivity index (χ2v) is 4.33. The van der Waals surface area contributed by atoms with Gasteiger partial charge in [-0.2, -0.15) is 0 Å². The molecule has 0 saturated carbocycles. The highest BCUT2D eigenvalue weighted by Crippen LogP contribution is 2.06. The fourth-order valence-electron chi connectivity index (χ4n) is 1.67. The van der Waals surface area contributed by atoms with Gasteiger partial charge in [0.25, 0.3) is 0 Å². The number of hydrogen-bond acceptors (Lipinski definition) is 4. The largest absolute Gasteiger partial charge is 0.469 e. The molecule has 1 unspecified atom stereocenters. The molecule has 100 valence electrons. The summed E-state index contributed by atoms with van der Waals surface area (Å²) in [6.45, 7) is 3.26. The van der Waals surface area contributed by atoms with Crippen LogP contribution in [0.25, 0.3) is 0 Å². The summed E-state index contributed by atoms with van der Waals surface area (Å²) in [5.74, 6) is -0.284. The third-order valence-electron chi connectivity index (χ3n) is 2.87. The van der Waals surface area contributed by atoms with E-state index in [9.17, 15) is 9.90 Å². The molecule has 1 aromatic rings. The Bertz CT molecular complexity index is 379. The second kappa shape index (κ2) is 7.84. The molecule has 18 heavy (non-hydrogen) atoms. The standard InChI is InChI=1S/C14H21NO3/c1-11-5-3-4-6-12(11)9-15-10-13(16)7-8-14(17)18-2/h3-6,13,15-16H,7-10H2,1-2H3. The van der Waals surface area contributed by atoms with Crippen LogP contribution in [0.15, 0.2) is 24.3 Å². The van der Waals surface area contributed by atoms with E-state index in [1.54, 1.807) is 0 Å². The van der Waals surface area contributed by atoms with Crippen LogP contribution >= 0.6 is 0 Å². The highest BCUT2D eigenvalue weighted by Gasteiger charge is 2.08. The van der Waals surface area contributed by atoms with E-state index in [0.717, 1.165) is 6.54 Å². The number of ether oxygens (including phenoxy) is 1. The maximum Gasteiger partial charge on any atom is 0.305 e. The maximum atomic E-state index is 10.9. The first-order valence-electron chi connectivity index (χ1n) is 6.13. The Morgan fingerprint density at radius 1 is 1.44 bits per heavy atom. The molecule has 0 aliphatic carbocycles. The molecule has 0 aliphatic rings. The zero-order valence-corrected chi connectivity index (χ0v) is 11.0. The van der Waals surface area contributed by atoms with Gasteiger partial charge in [0.1, 0.15) is 0 Å². The Kier molecular flexibility index (Phi) is 6.39.